The normalized spacial score (nSPS) is 24.7. The van der Waals surface area contributed by atoms with Gasteiger partial charge < -0.3 is 41.1 Å². The van der Waals surface area contributed by atoms with E-state index in [-0.39, 0.29) is 34.4 Å². The van der Waals surface area contributed by atoms with E-state index in [2.05, 4.69) is 30.7 Å². The van der Waals surface area contributed by atoms with E-state index in [1.807, 2.05) is 87.8 Å². The molecule has 250 valence electrons. The predicted molar refractivity (Wildman–Crippen MR) is 175 cm³/mol. The van der Waals surface area contributed by atoms with Gasteiger partial charge in [-0.15, -0.1) is 0 Å². The molecule has 2 heterocycles. The number of nitrogens with one attached hydrogen (secondary N) is 1. The number of methoxy groups -OCH3 is 1. The van der Waals surface area contributed by atoms with E-state index in [4.69, 9.17) is 18.8 Å². The second kappa shape index (κ2) is 13.4. The van der Waals surface area contributed by atoms with Crippen molar-refractivity contribution < 1.29 is 49.9 Å². The topological polar surface area (TPSA) is 87.0 Å². The highest BCUT2D eigenvalue weighted by atomic mass is 79.9. The summed E-state index contributed by atoms with van der Waals surface area (Å²) in [4.78, 5) is 26.9. The quantitative estimate of drug-likeness (QED) is 0.210. The summed E-state index contributed by atoms with van der Waals surface area (Å²) in [6, 6.07) is 19.1. The van der Waals surface area contributed by atoms with Crippen molar-refractivity contribution in [2.45, 2.75) is 90.6 Å². The van der Waals surface area contributed by atoms with Crippen molar-refractivity contribution in [3.63, 3.8) is 0 Å². The maximum Gasteiger partial charge on any atom is 0.482 e. The molecule has 3 aromatic rings. The number of rotatable bonds is 9. The van der Waals surface area contributed by atoms with Crippen LogP contribution in [0.1, 0.15) is 86.2 Å². The van der Waals surface area contributed by atoms with Gasteiger partial charge in [0.1, 0.15) is 16.9 Å². The lowest BCUT2D eigenvalue weighted by Crippen LogP contribution is -3.00. The third-order valence-corrected chi connectivity index (χ3v) is 10.3. The minimum Gasteiger partial charge on any atom is -1.00 e. The van der Waals surface area contributed by atoms with Crippen LogP contribution >= 0.6 is 0 Å². The summed E-state index contributed by atoms with van der Waals surface area (Å²) in [5.74, 6) is 0.174. The number of amides is 1. The number of carbonyl (C=O) groups is 2. The van der Waals surface area contributed by atoms with Crippen molar-refractivity contribution in [2.75, 3.05) is 7.11 Å². The Bertz CT molecular complexity index is 1590. The molecule has 47 heavy (non-hydrogen) atoms. The molecule has 3 saturated carbocycles. The molecule has 2 bridgehead atoms. The number of para-hydroxylation sites is 1. The average molecular weight is 705 g/mol. The van der Waals surface area contributed by atoms with Gasteiger partial charge in [-0.1, -0.05) is 44.2 Å². The van der Waals surface area contributed by atoms with Gasteiger partial charge in [-0.05, 0) is 88.0 Å². The van der Waals surface area contributed by atoms with Crippen LogP contribution in [0.3, 0.4) is 0 Å². The molecule has 1 aromatic heterocycles. The average Bonchev–Trinajstić information content (AvgIpc) is 3.38. The minimum atomic E-state index is -0.669. The lowest BCUT2D eigenvalue weighted by atomic mass is 9.43. The summed E-state index contributed by atoms with van der Waals surface area (Å²) in [6.45, 7) is 13.0. The van der Waals surface area contributed by atoms with Crippen LogP contribution in [-0.2, 0) is 27.0 Å². The van der Waals surface area contributed by atoms with Gasteiger partial charge in [0.25, 0.3) is 5.91 Å². The molecule has 3 aliphatic carbocycles. The van der Waals surface area contributed by atoms with Gasteiger partial charge in [0.05, 0.1) is 24.8 Å². The number of ether oxygens (including phenoxy) is 2. The molecule has 7 rings (SSSR count). The van der Waals surface area contributed by atoms with E-state index in [1.165, 1.54) is 0 Å². The number of hydrogen-bond donors (Lipinski definition) is 1. The highest BCUT2D eigenvalue weighted by molar-refractivity contribution is 6.48. The van der Waals surface area contributed by atoms with E-state index in [0.29, 0.717) is 41.7 Å². The summed E-state index contributed by atoms with van der Waals surface area (Å²) in [7, 11) is 0.876. The van der Waals surface area contributed by atoms with E-state index in [0.717, 1.165) is 24.0 Å². The Morgan fingerprint density at radius 3 is 2.36 bits per heavy atom. The zero-order valence-electron chi connectivity index (χ0n) is 28.4. The molecule has 1 N–H and O–H groups in total. The van der Waals surface area contributed by atoms with Crippen LogP contribution in [0, 0.1) is 17.3 Å². The molecule has 2 aromatic carbocycles. The van der Waals surface area contributed by atoms with E-state index >= 15 is 0 Å². The van der Waals surface area contributed by atoms with Gasteiger partial charge in [0.15, 0.2) is 18.9 Å². The maximum absolute atomic E-state index is 13.8. The van der Waals surface area contributed by atoms with E-state index < -0.39 is 30.2 Å². The third kappa shape index (κ3) is 7.01. The third-order valence-electron chi connectivity index (χ3n) is 10.3. The van der Waals surface area contributed by atoms with Crippen LogP contribution in [0.15, 0.2) is 73.1 Å². The van der Waals surface area contributed by atoms with Crippen LogP contribution in [0.4, 0.5) is 0 Å². The first kappa shape index (κ1) is 35.1. The molecule has 4 aliphatic rings. The number of nitrogens with zero attached hydrogens (tertiary/aromatic N) is 1. The first-order valence-electron chi connectivity index (χ1n) is 16.3. The van der Waals surface area contributed by atoms with Crippen LogP contribution < -0.4 is 31.6 Å². The first-order chi connectivity index (χ1) is 21.8. The fraction of sp³-hybridized carbons (Fsp3) is 0.486. The molecule has 1 saturated heterocycles. The summed E-state index contributed by atoms with van der Waals surface area (Å²) < 4.78 is 27.1. The minimum absolute atomic E-state index is 0. The number of hydrogen-bond acceptors (Lipinski definition) is 6. The molecule has 10 heteroatoms. The van der Waals surface area contributed by atoms with E-state index in [9.17, 15) is 9.59 Å². The number of benzene rings is 2. The lowest BCUT2D eigenvalue weighted by molar-refractivity contribution is -0.688. The van der Waals surface area contributed by atoms with Crippen molar-refractivity contribution in [1.29, 1.82) is 0 Å². The lowest BCUT2D eigenvalue weighted by Gasteiger charge is -2.64. The Balaban J connectivity index is 0.00000433. The highest BCUT2D eigenvalue weighted by Crippen LogP contribution is 2.65. The summed E-state index contributed by atoms with van der Waals surface area (Å²) in [6.07, 6.45) is 6.39. The zero-order chi connectivity index (χ0) is 32.9. The Morgan fingerprint density at radius 2 is 1.72 bits per heavy atom. The second-order valence-electron chi connectivity index (χ2n) is 14.9. The second-order valence-corrected chi connectivity index (χ2v) is 14.9. The van der Waals surface area contributed by atoms with E-state index in [1.54, 1.807) is 13.2 Å². The van der Waals surface area contributed by atoms with Gasteiger partial charge >= 0.3 is 13.1 Å². The molecular weight excluding hydrogens is 659 g/mol. The Morgan fingerprint density at radius 1 is 1.02 bits per heavy atom. The van der Waals surface area contributed by atoms with Crippen molar-refractivity contribution >= 4 is 19.0 Å². The molecule has 1 amide bonds. The van der Waals surface area contributed by atoms with Crippen molar-refractivity contribution in [3.05, 3.63) is 95.3 Å². The number of aromatic nitrogens is 1. The fourth-order valence-corrected chi connectivity index (χ4v) is 7.77. The van der Waals surface area contributed by atoms with Crippen molar-refractivity contribution in [2.24, 2.45) is 17.3 Å². The molecule has 1 aliphatic heterocycles. The van der Waals surface area contributed by atoms with Crippen LogP contribution in [-0.4, -0.2) is 49.4 Å². The Labute approximate surface area is 289 Å². The molecule has 4 fully saturated rings. The Hall–Kier alpha value is -3.21. The number of carbonyl (C=O) groups excluding carboxylic acids is 2. The van der Waals surface area contributed by atoms with Crippen molar-refractivity contribution in [1.82, 2.24) is 5.32 Å². The summed E-state index contributed by atoms with van der Waals surface area (Å²) >= 11 is 0. The van der Waals surface area contributed by atoms with Crippen LogP contribution in [0.2, 0.25) is 0 Å². The first-order valence-corrected chi connectivity index (χ1v) is 16.3. The Kier molecular flexibility index (Phi) is 9.98. The number of esters is 1. The zero-order valence-corrected chi connectivity index (χ0v) is 30.0. The van der Waals surface area contributed by atoms with Gasteiger partial charge in [0, 0.05) is 23.3 Å². The molecule has 0 spiro atoms. The fourth-order valence-electron chi connectivity index (χ4n) is 7.77. The molecular formula is C37H46BBrN2O6. The summed E-state index contributed by atoms with van der Waals surface area (Å²) in [5, 5.41) is 3.24. The van der Waals surface area contributed by atoms with Crippen LogP contribution in [0.25, 0.3) is 0 Å². The maximum atomic E-state index is 13.8. The molecule has 5 unspecified atom stereocenters. The monoisotopic (exact) mass is 704 g/mol. The molecule has 8 nitrogen and oxygen atoms in total. The highest BCUT2D eigenvalue weighted by Gasteiger charge is 2.68. The van der Waals surface area contributed by atoms with Gasteiger partial charge in [-0.2, -0.15) is 0 Å². The smallest absolute Gasteiger partial charge is 0.482 e. The molecule has 0 radical (unpaired) electrons. The van der Waals surface area contributed by atoms with Gasteiger partial charge in [-0.3, -0.25) is 4.79 Å². The summed E-state index contributed by atoms with van der Waals surface area (Å²) in [5.41, 5.74) is 1.82. The van der Waals surface area contributed by atoms with Gasteiger partial charge in [0.2, 0.25) is 0 Å². The van der Waals surface area contributed by atoms with Crippen molar-refractivity contribution in [3.8, 4) is 5.75 Å². The standard InChI is InChI=1S/C37H45BN2O6.BrH/c1-35(2,3)44-34(42)28-13-11-12-26(32(28)43-7)20-31(38-45-30-22-27-21-29(36(27,4)5)37(30,6)46-38)39-33(41)25-16-14-24(15-17-25)23-40-18-9-8-10-19-40;/h8-19,27,29-31H,20-23H2,1-7H3;1H. The van der Waals surface area contributed by atoms with Crippen LogP contribution in [0.5, 0.6) is 5.75 Å². The largest absolute Gasteiger partial charge is 1.00 e. The number of pyridine rings is 1. The predicted octanol–water partition coefficient (Wildman–Crippen LogP) is 2.60. The molecule has 5 atom stereocenters. The number of halogens is 1. The SMILES string of the molecule is COc1c(CC(NC(=O)c2ccc(C[n+]3ccccc3)cc2)B2OC3CC4CC(C4(C)C)C3(C)O2)cccc1C(=O)OC(C)(C)C.[Br-]. The van der Waals surface area contributed by atoms with Gasteiger partial charge in [-0.25, -0.2) is 9.36 Å².